The van der Waals surface area contributed by atoms with E-state index in [1.807, 2.05) is 12.1 Å². The smallest absolute Gasteiger partial charge is 0.335 e. The lowest BCUT2D eigenvalue weighted by molar-refractivity contribution is 0.0695. The average Bonchev–Trinajstić information content (AvgIpc) is 2.28. The molecule has 1 aliphatic rings. The SMILES string of the molecule is CCNC1CCc2c(cccc2C(=O)O)C1. The first-order valence-electron chi connectivity index (χ1n) is 5.79. The molecule has 3 heteroatoms. The predicted molar refractivity (Wildman–Crippen MR) is 62.9 cm³/mol. The normalized spacial score (nSPS) is 19.2. The van der Waals surface area contributed by atoms with Crippen LogP contribution in [0, 0.1) is 0 Å². The second-order valence-electron chi connectivity index (χ2n) is 4.25. The maximum atomic E-state index is 11.1. The van der Waals surface area contributed by atoms with E-state index in [1.54, 1.807) is 6.07 Å². The lowest BCUT2D eigenvalue weighted by Gasteiger charge is -2.26. The van der Waals surface area contributed by atoms with Crippen molar-refractivity contribution in [3.8, 4) is 0 Å². The highest BCUT2D eigenvalue weighted by Crippen LogP contribution is 2.24. The zero-order valence-electron chi connectivity index (χ0n) is 9.49. The van der Waals surface area contributed by atoms with Crippen LogP contribution in [0.25, 0.3) is 0 Å². The second-order valence-corrected chi connectivity index (χ2v) is 4.25. The van der Waals surface area contributed by atoms with Gasteiger partial charge in [0.05, 0.1) is 5.56 Å². The van der Waals surface area contributed by atoms with Gasteiger partial charge in [0.2, 0.25) is 0 Å². The molecule has 1 aromatic rings. The van der Waals surface area contributed by atoms with Crippen molar-refractivity contribution in [2.45, 2.75) is 32.2 Å². The maximum absolute atomic E-state index is 11.1. The number of fused-ring (bicyclic) bond motifs is 1. The largest absolute Gasteiger partial charge is 0.478 e. The summed E-state index contributed by atoms with van der Waals surface area (Å²) in [6, 6.07) is 6.10. The number of aromatic carboxylic acids is 1. The van der Waals surface area contributed by atoms with Crippen LogP contribution in [0.3, 0.4) is 0 Å². The molecule has 2 N–H and O–H groups in total. The first-order valence-corrected chi connectivity index (χ1v) is 5.79. The quantitative estimate of drug-likeness (QED) is 0.815. The van der Waals surface area contributed by atoms with Crippen LogP contribution in [-0.4, -0.2) is 23.7 Å². The molecule has 1 unspecified atom stereocenters. The predicted octanol–water partition coefficient (Wildman–Crippen LogP) is 1.85. The van der Waals surface area contributed by atoms with Gasteiger partial charge in [-0.25, -0.2) is 4.79 Å². The van der Waals surface area contributed by atoms with Gasteiger partial charge < -0.3 is 10.4 Å². The number of benzene rings is 1. The summed E-state index contributed by atoms with van der Waals surface area (Å²) in [4.78, 5) is 11.1. The van der Waals surface area contributed by atoms with Crippen LogP contribution in [0.2, 0.25) is 0 Å². The summed E-state index contributed by atoms with van der Waals surface area (Å²) in [5.41, 5.74) is 2.70. The molecule has 0 fully saturated rings. The van der Waals surface area contributed by atoms with Gasteiger partial charge in [0, 0.05) is 6.04 Å². The van der Waals surface area contributed by atoms with Crippen LogP contribution in [0.15, 0.2) is 18.2 Å². The molecule has 2 rings (SSSR count). The Bertz CT molecular complexity index is 401. The number of hydrogen-bond donors (Lipinski definition) is 2. The molecule has 0 saturated carbocycles. The lowest BCUT2D eigenvalue weighted by Crippen LogP contribution is -2.34. The zero-order chi connectivity index (χ0) is 11.5. The second kappa shape index (κ2) is 4.66. The Morgan fingerprint density at radius 1 is 1.56 bits per heavy atom. The highest BCUT2D eigenvalue weighted by molar-refractivity contribution is 5.89. The molecule has 1 aliphatic carbocycles. The van der Waals surface area contributed by atoms with E-state index in [9.17, 15) is 4.79 Å². The van der Waals surface area contributed by atoms with E-state index in [1.165, 1.54) is 5.56 Å². The van der Waals surface area contributed by atoms with Crippen LogP contribution < -0.4 is 5.32 Å². The highest BCUT2D eigenvalue weighted by atomic mass is 16.4. The Morgan fingerprint density at radius 2 is 2.38 bits per heavy atom. The van der Waals surface area contributed by atoms with Gasteiger partial charge in [0.15, 0.2) is 0 Å². The van der Waals surface area contributed by atoms with Gasteiger partial charge >= 0.3 is 5.97 Å². The van der Waals surface area contributed by atoms with Crippen molar-refractivity contribution < 1.29 is 9.90 Å². The van der Waals surface area contributed by atoms with E-state index in [0.29, 0.717) is 11.6 Å². The topological polar surface area (TPSA) is 49.3 Å². The summed E-state index contributed by atoms with van der Waals surface area (Å²) in [7, 11) is 0. The summed E-state index contributed by atoms with van der Waals surface area (Å²) in [6.07, 6.45) is 2.85. The Balaban J connectivity index is 2.27. The third-order valence-electron chi connectivity index (χ3n) is 3.21. The highest BCUT2D eigenvalue weighted by Gasteiger charge is 2.21. The molecule has 0 aromatic heterocycles. The van der Waals surface area contributed by atoms with Crippen molar-refractivity contribution in [3.63, 3.8) is 0 Å². The van der Waals surface area contributed by atoms with Crippen molar-refractivity contribution in [3.05, 3.63) is 34.9 Å². The molecule has 0 saturated heterocycles. The fourth-order valence-corrected chi connectivity index (χ4v) is 2.47. The van der Waals surface area contributed by atoms with Crippen molar-refractivity contribution in [1.29, 1.82) is 0 Å². The molecule has 0 amide bonds. The van der Waals surface area contributed by atoms with Gasteiger partial charge in [0.1, 0.15) is 0 Å². The van der Waals surface area contributed by atoms with Crippen molar-refractivity contribution in [1.82, 2.24) is 5.32 Å². The van der Waals surface area contributed by atoms with Gasteiger partial charge in [-0.15, -0.1) is 0 Å². The van der Waals surface area contributed by atoms with Crippen LogP contribution in [-0.2, 0) is 12.8 Å². The average molecular weight is 219 g/mol. The summed E-state index contributed by atoms with van der Waals surface area (Å²) < 4.78 is 0. The summed E-state index contributed by atoms with van der Waals surface area (Å²) in [5, 5.41) is 12.5. The standard InChI is InChI=1S/C13H17NO2/c1-2-14-10-6-7-11-9(8-10)4-3-5-12(11)13(15)16/h3-5,10,14H,2,6-8H2,1H3,(H,15,16). The van der Waals surface area contributed by atoms with E-state index >= 15 is 0 Å². The van der Waals surface area contributed by atoms with Crippen LogP contribution in [0.4, 0.5) is 0 Å². The molecule has 0 aliphatic heterocycles. The summed E-state index contributed by atoms with van der Waals surface area (Å²) in [6.45, 7) is 3.07. The third-order valence-corrected chi connectivity index (χ3v) is 3.21. The Morgan fingerprint density at radius 3 is 3.06 bits per heavy atom. The van der Waals surface area contributed by atoms with Crippen LogP contribution >= 0.6 is 0 Å². The fraction of sp³-hybridized carbons (Fsp3) is 0.462. The number of nitrogens with one attached hydrogen (secondary N) is 1. The van der Waals surface area contributed by atoms with Crippen molar-refractivity contribution in [2.24, 2.45) is 0 Å². The molecule has 0 bridgehead atoms. The number of rotatable bonds is 3. The van der Waals surface area contributed by atoms with Gasteiger partial charge in [-0.3, -0.25) is 0 Å². The number of hydrogen-bond acceptors (Lipinski definition) is 2. The van der Waals surface area contributed by atoms with E-state index in [4.69, 9.17) is 5.11 Å². The molecule has 0 spiro atoms. The Hall–Kier alpha value is -1.35. The van der Waals surface area contributed by atoms with Gasteiger partial charge in [0.25, 0.3) is 0 Å². The fourth-order valence-electron chi connectivity index (χ4n) is 2.47. The zero-order valence-corrected chi connectivity index (χ0v) is 9.49. The first-order chi connectivity index (χ1) is 7.72. The van der Waals surface area contributed by atoms with Gasteiger partial charge in [-0.05, 0) is 43.0 Å². The third kappa shape index (κ3) is 2.09. The van der Waals surface area contributed by atoms with Crippen LogP contribution in [0.5, 0.6) is 0 Å². The Kier molecular flexibility index (Phi) is 3.25. The van der Waals surface area contributed by atoms with E-state index in [0.717, 1.165) is 31.4 Å². The van der Waals surface area contributed by atoms with E-state index in [2.05, 4.69) is 12.2 Å². The van der Waals surface area contributed by atoms with E-state index in [-0.39, 0.29) is 0 Å². The lowest BCUT2D eigenvalue weighted by atomic mass is 9.85. The minimum atomic E-state index is -0.807. The number of carboxylic acids is 1. The van der Waals surface area contributed by atoms with E-state index < -0.39 is 5.97 Å². The van der Waals surface area contributed by atoms with Gasteiger partial charge in [-0.2, -0.15) is 0 Å². The summed E-state index contributed by atoms with van der Waals surface area (Å²) >= 11 is 0. The van der Waals surface area contributed by atoms with Crippen molar-refractivity contribution >= 4 is 5.97 Å². The molecule has 1 aromatic carbocycles. The van der Waals surface area contributed by atoms with Gasteiger partial charge in [-0.1, -0.05) is 19.1 Å². The first kappa shape index (κ1) is 11.1. The summed E-state index contributed by atoms with van der Waals surface area (Å²) in [5.74, 6) is -0.807. The molecular weight excluding hydrogens is 202 g/mol. The van der Waals surface area contributed by atoms with Crippen LogP contribution in [0.1, 0.15) is 34.8 Å². The Labute approximate surface area is 95.5 Å². The minimum absolute atomic E-state index is 0.479. The minimum Gasteiger partial charge on any atom is -0.478 e. The molecule has 3 nitrogen and oxygen atoms in total. The molecule has 0 heterocycles. The molecular formula is C13H17NO2. The monoisotopic (exact) mass is 219 g/mol. The van der Waals surface area contributed by atoms with Crippen molar-refractivity contribution in [2.75, 3.05) is 6.54 Å². The molecule has 86 valence electrons. The number of likely N-dealkylation sites (N-methyl/N-ethyl adjacent to an activating group) is 1. The molecule has 16 heavy (non-hydrogen) atoms. The number of carbonyl (C=O) groups is 1. The maximum Gasteiger partial charge on any atom is 0.335 e. The molecule has 1 atom stereocenters. The molecule has 0 radical (unpaired) electrons. The number of carboxylic acid groups (broad SMARTS) is 1.